The van der Waals surface area contributed by atoms with Crippen molar-refractivity contribution in [2.24, 2.45) is 0 Å². The Kier molecular flexibility index (Phi) is 5.04. The topological polar surface area (TPSA) is 87.6 Å². The molecule has 1 aromatic carbocycles. The maximum atomic E-state index is 11.8. The maximum Gasteiger partial charge on any atom is 0.338 e. The molecular weight excluding hydrogens is 284 g/mol. The van der Waals surface area contributed by atoms with Gasteiger partial charge in [-0.1, -0.05) is 12.1 Å². The number of nitrogens with two attached hydrogens (primary N) is 1. The second kappa shape index (κ2) is 6.98. The SMILES string of the molecule is CCCOC(=O)c1ccc(OCc2c(C)noc2C)c(N)c1. The van der Waals surface area contributed by atoms with Crippen LogP contribution in [0.2, 0.25) is 0 Å². The molecule has 2 rings (SSSR count). The lowest BCUT2D eigenvalue weighted by molar-refractivity contribution is 0.0505. The molecule has 118 valence electrons. The molecule has 22 heavy (non-hydrogen) atoms. The number of nitrogens with zero attached hydrogens (tertiary/aromatic N) is 1. The van der Waals surface area contributed by atoms with Crippen LogP contribution in [0.5, 0.6) is 5.75 Å². The van der Waals surface area contributed by atoms with Gasteiger partial charge in [0, 0.05) is 0 Å². The smallest absolute Gasteiger partial charge is 0.338 e. The van der Waals surface area contributed by atoms with E-state index >= 15 is 0 Å². The molecule has 0 fully saturated rings. The first-order valence-corrected chi connectivity index (χ1v) is 7.14. The van der Waals surface area contributed by atoms with E-state index in [-0.39, 0.29) is 5.97 Å². The Morgan fingerprint density at radius 3 is 2.73 bits per heavy atom. The number of benzene rings is 1. The Bertz CT molecular complexity index is 645. The van der Waals surface area contributed by atoms with Crippen molar-refractivity contribution in [3.05, 3.63) is 40.8 Å². The summed E-state index contributed by atoms with van der Waals surface area (Å²) in [5.74, 6) is 0.841. The fourth-order valence-electron chi connectivity index (χ4n) is 1.94. The Morgan fingerprint density at radius 1 is 1.36 bits per heavy atom. The van der Waals surface area contributed by atoms with Gasteiger partial charge in [0.1, 0.15) is 18.1 Å². The number of ether oxygens (including phenoxy) is 2. The van der Waals surface area contributed by atoms with Gasteiger partial charge >= 0.3 is 5.97 Å². The molecule has 0 saturated carbocycles. The molecule has 0 radical (unpaired) electrons. The first-order valence-electron chi connectivity index (χ1n) is 7.14. The largest absolute Gasteiger partial charge is 0.487 e. The van der Waals surface area contributed by atoms with Gasteiger partial charge in [-0.25, -0.2) is 4.79 Å². The number of rotatable bonds is 6. The molecule has 6 nitrogen and oxygen atoms in total. The first-order chi connectivity index (χ1) is 10.5. The lowest BCUT2D eigenvalue weighted by atomic mass is 10.2. The molecule has 0 spiro atoms. The van der Waals surface area contributed by atoms with Crippen molar-refractivity contribution < 1.29 is 18.8 Å². The van der Waals surface area contributed by atoms with E-state index in [1.165, 1.54) is 0 Å². The van der Waals surface area contributed by atoms with Crippen LogP contribution in [0.25, 0.3) is 0 Å². The molecule has 0 amide bonds. The van der Waals surface area contributed by atoms with Gasteiger partial charge in [-0.15, -0.1) is 0 Å². The van der Waals surface area contributed by atoms with Crippen LogP contribution in [0.1, 0.15) is 40.7 Å². The van der Waals surface area contributed by atoms with Crippen LogP contribution in [0.4, 0.5) is 5.69 Å². The number of aryl methyl sites for hydroxylation is 2. The van der Waals surface area contributed by atoms with Crippen molar-refractivity contribution in [3.8, 4) is 5.75 Å². The minimum absolute atomic E-state index is 0.311. The number of carbonyl (C=O) groups is 1. The first kappa shape index (κ1) is 15.9. The number of hydrogen-bond acceptors (Lipinski definition) is 6. The van der Waals surface area contributed by atoms with Crippen molar-refractivity contribution in [2.45, 2.75) is 33.8 Å². The van der Waals surface area contributed by atoms with Crippen molar-refractivity contribution in [1.29, 1.82) is 0 Å². The molecule has 0 aliphatic rings. The van der Waals surface area contributed by atoms with Crippen molar-refractivity contribution in [3.63, 3.8) is 0 Å². The van der Waals surface area contributed by atoms with Crippen LogP contribution in [-0.4, -0.2) is 17.7 Å². The third-order valence-corrected chi connectivity index (χ3v) is 3.24. The molecule has 1 heterocycles. The molecule has 2 aromatic rings. The number of anilines is 1. The van der Waals surface area contributed by atoms with Gasteiger partial charge in [-0.3, -0.25) is 0 Å². The summed E-state index contributed by atoms with van der Waals surface area (Å²) in [6, 6.07) is 4.85. The summed E-state index contributed by atoms with van der Waals surface area (Å²) in [6.45, 7) is 6.32. The van der Waals surface area contributed by atoms with Gasteiger partial charge in [0.25, 0.3) is 0 Å². The molecule has 0 aliphatic carbocycles. The molecular formula is C16H20N2O4. The maximum absolute atomic E-state index is 11.8. The lowest BCUT2D eigenvalue weighted by Gasteiger charge is -2.10. The summed E-state index contributed by atoms with van der Waals surface area (Å²) < 4.78 is 15.8. The monoisotopic (exact) mass is 304 g/mol. The van der Waals surface area contributed by atoms with E-state index in [0.717, 1.165) is 23.4 Å². The van der Waals surface area contributed by atoms with Gasteiger partial charge in [0.2, 0.25) is 0 Å². The predicted octanol–water partition coefficient (Wildman–Crippen LogP) is 3.02. The zero-order chi connectivity index (χ0) is 16.1. The summed E-state index contributed by atoms with van der Waals surface area (Å²) >= 11 is 0. The van der Waals surface area contributed by atoms with E-state index < -0.39 is 0 Å². The normalized spacial score (nSPS) is 10.5. The molecule has 0 atom stereocenters. The van der Waals surface area contributed by atoms with Crippen LogP contribution < -0.4 is 10.5 Å². The third kappa shape index (κ3) is 3.58. The quantitative estimate of drug-likeness (QED) is 0.652. The highest BCUT2D eigenvalue weighted by molar-refractivity contribution is 5.91. The molecule has 1 aromatic heterocycles. The molecule has 0 unspecified atom stereocenters. The second-order valence-corrected chi connectivity index (χ2v) is 4.98. The highest BCUT2D eigenvalue weighted by Gasteiger charge is 2.13. The lowest BCUT2D eigenvalue weighted by Crippen LogP contribution is -2.07. The fourth-order valence-corrected chi connectivity index (χ4v) is 1.94. The van der Waals surface area contributed by atoms with Crippen LogP contribution in [0.15, 0.2) is 22.7 Å². The molecule has 0 aliphatic heterocycles. The van der Waals surface area contributed by atoms with Crippen LogP contribution in [-0.2, 0) is 11.3 Å². The average molecular weight is 304 g/mol. The minimum Gasteiger partial charge on any atom is -0.487 e. The van der Waals surface area contributed by atoms with Gasteiger partial charge in [-0.05, 0) is 38.5 Å². The molecule has 6 heteroatoms. The molecule has 0 bridgehead atoms. The second-order valence-electron chi connectivity index (χ2n) is 4.98. The van der Waals surface area contributed by atoms with Crippen molar-refractivity contribution in [1.82, 2.24) is 5.16 Å². The third-order valence-electron chi connectivity index (χ3n) is 3.24. The Morgan fingerprint density at radius 2 is 2.14 bits per heavy atom. The van der Waals surface area contributed by atoms with E-state index in [0.29, 0.717) is 30.2 Å². The van der Waals surface area contributed by atoms with Crippen molar-refractivity contribution in [2.75, 3.05) is 12.3 Å². The van der Waals surface area contributed by atoms with Crippen LogP contribution in [0.3, 0.4) is 0 Å². The van der Waals surface area contributed by atoms with Crippen LogP contribution >= 0.6 is 0 Å². The van der Waals surface area contributed by atoms with Gasteiger partial charge in [0.15, 0.2) is 0 Å². The fraction of sp³-hybridized carbons (Fsp3) is 0.375. The number of carbonyl (C=O) groups excluding carboxylic acids is 1. The highest BCUT2D eigenvalue weighted by atomic mass is 16.5. The van der Waals surface area contributed by atoms with Gasteiger partial charge < -0.3 is 19.7 Å². The van der Waals surface area contributed by atoms with E-state index in [9.17, 15) is 4.79 Å². The zero-order valence-corrected chi connectivity index (χ0v) is 13.0. The van der Waals surface area contributed by atoms with Crippen LogP contribution in [0, 0.1) is 13.8 Å². The van der Waals surface area contributed by atoms with E-state index in [4.69, 9.17) is 19.7 Å². The van der Waals surface area contributed by atoms with Gasteiger partial charge in [-0.2, -0.15) is 0 Å². The van der Waals surface area contributed by atoms with Crippen molar-refractivity contribution >= 4 is 11.7 Å². The Labute approximate surface area is 129 Å². The number of aromatic nitrogens is 1. The van der Waals surface area contributed by atoms with E-state index in [2.05, 4.69) is 5.16 Å². The summed E-state index contributed by atoms with van der Waals surface area (Å²) in [5, 5.41) is 3.87. The number of nitrogen functional groups attached to an aromatic ring is 1. The van der Waals surface area contributed by atoms with E-state index in [1.54, 1.807) is 18.2 Å². The molecule has 0 saturated heterocycles. The average Bonchev–Trinajstić information content (AvgIpc) is 2.82. The Balaban J connectivity index is 2.05. The summed E-state index contributed by atoms with van der Waals surface area (Å²) in [7, 11) is 0. The van der Waals surface area contributed by atoms with E-state index in [1.807, 2.05) is 20.8 Å². The number of hydrogen-bond donors (Lipinski definition) is 1. The van der Waals surface area contributed by atoms with Gasteiger partial charge in [0.05, 0.1) is 29.1 Å². The zero-order valence-electron chi connectivity index (χ0n) is 13.0. The summed E-state index contributed by atoms with van der Waals surface area (Å²) in [6.07, 6.45) is 0.778. The Hall–Kier alpha value is -2.50. The summed E-state index contributed by atoms with van der Waals surface area (Å²) in [4.78, 5) is 11.8. The number of esters is 1. The minimum atomic E-state index is -0.383. The molecule has 2 N–H and O–H groups in total. The standard InChI is InChI=1S/C16H20N2O4/c1-4-7-20-16(19)12-5-6-15(14(17)8-12)21-9-13-10(2)18-22-11(13)3/h5-6,8H,4,7,9,17H2,1-3H3. The predicted molar refractivity (Wildman–Crippen MR) is 81.7 cm³/mol. The highest BCUT2D eigenvalue weighted by Crippen LogP contribution is 2.25. The summed E-state index contributed by atoms with van der Waals surface area (Å²) in [5.41, 5.74) is 8.41.